The Morgan fingerprint density at radius 2 is 1.75 bits per heavy atom. The van der Waals surface area contributed by atoms with E-state index in [4.69, 9.17) is 0 Å². The average molecular weight is 320 g/mol. The topological polar surface area (TPSA) is 86.3 Å². The van der Waals surface area contributed by atoms with Gasteiger partial charge in [0.1, 0.15) is 6.04 Å². The SMILES string of the molecule is O=C(O)C1NNNC1c1ccc(-c2ccc3cnccc3c2)cc1. The normalized spacial score (nSPS) is 20.3. The minimum atomic E-state index is -0.898. The molecule has 0 aliphatic carbocycles. The Morgan fingerprint density at radius 1 is 0.958 bits per heavy atom. The Balaban J connectivity index is 1.64. The minimum absolute atomic E-state index is 0.320. The van der Waals surface area contributed by atoms with Gasteiger partial charge >= 0.3 is 5.97 Å². The van der Waals surface area contributed by atoms with E-state index >= 15 is 0 Å². The van der Waals surface area contributed by atoms with Crippen LogP contribution in [0.4, 0.5) is 0 Å². The van der Waals surface area contributed by atoms with Gasteiger partial charge in [-0.15, -0.1) is 0 Å². The Kier molecular flexibility index (Phi) is 3.70. The van der Waals surface area contributed by atoms with Crippen molar-refractivity contribution in [1.82, 2.24) is 21.4 Å². The van der Waals surface area contributed by atoms with Gasteiger partial charge in [-0.25, -0.2) is 10.9 Å². The first-order valence-corrected chi connectivity index (χ1v) is 7.65. The van der Waals surface area contributed by atoms with E-state index in [1.165, 1.54) is 0 Å². The first kappa shape index (κ1) is 14.8. The summed E-state index contributed by atoms with van der Waals surface area (Å²) in [5, 5.41) is 11.5. The standard InChI is InChI=1S/C18H16N4O2/c23-18(24)17-16(20-22-21-17)12-3-1-11(2-4-12)13-5-6-15-10-19-8-7-14(15)9-13/h1-10,16-17,20-22H,(H,23,24). The number of hydrazine groups is 2. The number of nitrogens with one attached hydrogen (secondary N) is 3. The van der Waals surface area contributed by atoms with Crippen LogP contribution in [0.15, 0.2) is 60.9 Å². The zero-order valence-electron chi connectivity index (χ0n) is 12.7. The number of carbonyl (C=O) groups is 1. The summed E-state index contributed by atoms with van der Waals surface area (Å²) in [6.07, 6.45) is 3.63. The predicted molar refractivity (Wildman–Crippen MR) is 90.8 cm³/mol. The second-order valence-corrected chi connectivity index (χ2v) is 5.77. The summed E-state index contributed by atoms with van der Waals surface area (Å²) in [6.45, 7) is 0. The van der Waals surface area contributed by atoms with Gasteiger partial charge in [-0.3, -0.25) is 9.78 Å². The van der Waals surface area contributed by atoms with Crippen molar-refractivity contribution in [2.24, 2.45) is 0 Å². The fourth-order valence-corrected chi connectivity index (χ4v) is 2.99. The minimum Gasteiger partial charge on any atom is -0.480 e. The van der Waals surface area contributed by atoms with Gasteiger partial charge in [-0.1, -0.05) is 36.4 Å². The van der Waals surface area contributed by atoms with Crippen LogP contribution in [-0.2, 0) is 4.79 Å². The van der Waals surface area contributed by atoms with E-state index in [-0.39, 0.29) is 6.04 Å². The molecule has 0 saturated carbocycles. The lowest BCUT2D eigenvalue weighted by atomic mass is 9.97. The van der Waals surface area contributed by atoms with Crippen molar-refractivity contribution in [3.8, 4) is 11.1 Å². The molecule has 24 heavy (non-hydrogen) atoms. The Morgan fingerprint density at radius 3 is 2.54 bits per heavy atom. The molecular formula is C18H16N4O2. The van der Waals surface area contributed by atoms with Gasteiger partial charge < -0.3 is 5.11 Å². The van der Waals surface area contributed by atoms with Gasteiger partial charge in [-0.05, 0) is 34.2 Å². The van der Waals surface area contributed by atoms with Crippen LogP contribution in [-0.4, -0.2) is 22.1 Å². The van der Waals surface area contributed by atoms with Gasteiger partial charge in [-0.2, -0.15) is 5.53 Å². The maximum absolute atomic E-state index is 11.3. The first-order chi connectivity index (χ1) is 11.7. The molecule has 1 aliphatic heterocycles. The number of hydrogen-bond acceptors (Lipinski definition) is 5. The second-order valence-electron chi connectivity index (χ2n) is 5.77. The molecule has 120 valence electrons. The van der Waals surface area contributed by atoms with E-state index in [0.29, 0.717) is 0 Å². The molecule has 0 amide bonds. The molecule has 1 aliphatic rings. The fourth-order valence-electron chi connectivity index (χ4n) is 2.99. The molecule has 2 aromatic carbocycles. The quantitative estimate of drug-likeness (QED) is 0.591. The van der Waals surface area contributed by atoms with E-state index in [9.17, 15) is 9.90 Å². The first-order valence-electron chi connectivity index (χ1n) is 7.65. The van der Waals surface area contributed by atoms with Crippen LogP contribution in [0.2, 0.25) is 0 Å². The van der Waals surface area contributed by atoms with Gasteiger partial charge in [0.25, 0.3) is 0 Å². The molecule has 4 N–H and O–H groups in total. The Bertz CT molecular complexity index is 895. The lowest BCUT2D eigenvalue weighted by Crippen LogP contribution is -2.38. The highest BCUT2D eigenvalue weighted by molar-refractivity contribution is 5.86. The highest BCUT2D eigenvalue weighted by atomic mass is 16.4. The van der Waals surface area contributed by atoms with Crippen molar-refractivity contribution in [1.29, 1.82) is 0 Å². The third kappa shape index (κ3) is 2.63. The van der Waals surface area contributed by atoms with Crippen molar-refractivity contribution in [2.45, 2.75) is 12.1 Å². The van der Waals surface area contributed by atoms with Crippen molar-refractivity contribution in [3.05, 3.63) is 66.5 Å². The third-order valence-electron chi connectivity index (χ3n) is 4.30. The smallest absolute Gasteiger partial charge is 0.324 e. The molecule has 4 rings (SSSR count). The molecule has 2 heterocycles. The summed E-state index contributed by atoms with van der Waals surface area (Å²) < 4.78 is 0. The van der Waals surface area contributed by atoms with E-state index in [1.54, 1.807) is 6.20 Å². The summed E-state index contributed by atoms with van der Waals surface area (Å²) in [5.41, 5.74) is 11.4. The average Bonchev–Trinajstić information content (AvgIpc) is 3.11. The van der Waals surface area contributed by atoms with Crippen LogP contribution in [0.5, 0.6) is 0 Å². The number of aliphatic carboxylic acids is 1. The van der Waals surface area contributed by atoms with Crippen LogP contribution in [0, 0.1) is 0 Å². The molecule has 6 nitrogen and oxygen atoms in total. The summed E-state index contributed by atoms with van der Waals surface area (Å²) in [4.78, 5) is 15.4. The lowest BCUT2D eigenvalue weighted by molar-refractivity contribution is -0.139. The number of fused-ring (bicyclic) bond motifs is 1. The number of rotatable bonds is 3. The van der Waals surface area contributed by atoms with Crippen LogP contribution in [0.1, 0.15) is 11.6 Å². The molecular weight excluding hydrogens is 304 g/mol. The summed E-state index contributed by atoms with van der Waals surface area (Å²) >= 11 is 0. The molecule has 1 saturated heterocycles. The molecule has 0 bridgehead atoms. The number of aromatic nitrogens is 1. The Hall–Kier alpha value is -2.80. The molecule has 1 fully saturated rings. The number of carboxylic acids is 1. The number of benzene rings is 2. The molecule has 1 aromatic heterocycles. The summed E-state index contributed by atoms with van der Waals surface area (Å²) in [6, 6.07) is 15.1. The zero-order chi connectivity index (χ0) is 16.5. The highest BCUT2D eigenvalue weighted by Crippen LogP contribution is 2.26. The number of carboxylic acid groups (broad SMARTS) is 1. The van der Waals surface area contributed by atoms with Gasteiger partial charge in [0, 0.05) is 17.8 Å². The van der Waals surface area contributed by atoms with Crippen LogP contribution in [0.3, 0.4) is 0 Å². The molecule has 6 heteroatoms. The monoisotopic (exact) mass is 320 g/mol. The van der Waals surface area contributed by atoms with Gasteiger partial charge in [0.15, 0.2) is 0 Å². The molecule has 0 radical (unpaired) electrons. The van der Waals surface area contributed by atoms with E-state index in [2.05, 4.69) is 39.6 Å². The summed E-state index contributed by atoms with van der Waals surface area (Å²) in [7, 11) is 0. The highest BCUT2D eigenvalue weighted by Gasteiger charge is 2.33. The fraction of sp³-hybridized carbons (Fsp3) is 0.111. The lowest BCUT2D eigenvalue weighted by Gasteiger charge is -2.15. The largest absolute Gasteiger partial charge is 0.480 e. The third-order valence-corrected chi connectivity index (χ3v) is 4.30. The van der Waals surface area contributed by atoms with E-state index in [1.807, 2.05) is 36.5 Å². The zero-order valence-corrected chi connectivity index (χ0v) is 12.7. The number of hydrogen-bond donors (Lipinski definition) is 4. The van der Waals surface area contributed by atoms with E-state index in [0.717, 1.165) is 27.5 Å². The van der Waals surface area contributed by atoms with E-state index < -0.39 is 12.0 Å². The van der Waals surface area contributed by atoms with Gasteiger partial charge in [0.2, 0.25) is 0 Å². The maximum atomic E-state index is 11.3. The summed E-state index contributed by atoms with van der Waals surface area (Å²) in [5.74, 6) is -0.898. The predicted octanol–water partition coefficient (Wildman–Crippen LogP) is 2.01. The maximum Gasteiger partial charge on any atom is 0.324 e. The van der Waals surface area contributed by atoms with Crippen molar-refractivity contribution >= 4 is 16.7 Å². The van der Waals surface area contributed by atoms with Crippen LogP contribution >= 0.6 is 0 Å². The number of pyridine rings is 1. The molecule has 3 aromatic rings. The van der Waals surface area contributed by atoms with Crippen LogP contribution in [0.25, 0.3) is 21.9 Å². The molecule has 2 atom stereocenters. The Labute approximate surface area is 138 Å². The van der Waals surface area contributed by atoms with Crippen molar-refractivity contribution < 1.29 is 9.90 Å². The second kappa shape index (κ2) is 6.01. The molecule has 0 spiro atoms. The van der Waals surface area contributed by atoms with Crippen LogP contribution < -0.4 is 16.4 Å². The van der Waals surface area contributed by atoms with Gasteiger partial charge in [0.05, 0.1) is 6.04 Å². The van der Waals surface area contributed by atoms with Crippen molar-refractivity contribution in [2.75, 3.05) is 0 Å². The molecule has 2 unspecified atom stereocenters. The number of nitrogens with zero attached hydrogens (tertiary/aromatic N) is 1. The van der Waals surface area contributed by atoms with Crippen molar-refractivity contribution in [3.63, 3.8) is 0 Å².